The second kappa shape index (κ2) is 5.42. The summed E-state index contributed by atoms with van der Waals surface area (Å²) in [5.41, 5.74) is -0.612. The predicted octanol–water partition coefficient (Wildman–Crippen LogP) is 1.30. The van der Waals surface area contributed by atoms with Crippen molar-refractivity contribution in [1.29, 1.82) is 0 Å². The molecule has 0 amide bonds. The molecule has 0 aliphatic carbocycles. The number of allylic oxidation sites excluding steroid dienone is 1. The van der Waals surface area contributed by atoms with Crippen molar-refractivity contribution in [3.05, 3.63) is 12.2 Å². The molecular weight excluding hydrogens is 184 g/mol. The zero-order valence-corrected chi connectivity index (χ0v) is 8.99. The standard InChI is InChI=1S/C10H16O4/c1-10(2,9(12)14-4)7-5-6-8(11)13-3/h5-6H,7H2,1-4H3/b6-5+. The Bertz CT molecular complexity index is 241. The van der Waals surface area contributed by atoms with Crippen LogP contribution in [0, 0.1) is 5.41 Å². The van der Waals surface area contributed by atoms with E-state index in [9.17, 15) is 9.59 Å². The number of ether oxygens (including phenoxy) is 2. The summed E-state index contributed by atoms with van der Waals surface area (Å²) in [6.45, 7) is 3.50. The Balaban J connectivity index is 4.18. The van der Waals surface area contributed by atoms with Crippen LogP contribution in [-0.4, -0.2) is 26.2 Å². The fourth-order valence-electron chi connectivity index (χ4n) is 0.877. The lowest BCUT2D eigenvalue weighted by Crippen LogP contribution is -2.24. The van der Waals surface area contributed by atoms with Crippen molar-refractivity contribution < 1.29 is 19.1 Å². The van der Waals surface area contributed by atoms with Crippen LogP contribution in [0.3, 0.4) is 0 Å². The Kier molecular flexibility index (Phi) is 4.91. The van der Waals surface area contributed by atoms with Crippen LogP contribution in [-0.2, 0) is 19.1 Å². The summed E-state index contributed by atoms with van der Waals surface area (Å²) < 4.78 is 9.02. The minimum Gasteiger partial charge on any atom is -0.469 e. The van der Waals surface area contributed by atoms with Gasteiger partial charge in [-0.3, -0.25) is 4.79 Å². The van der Waals surface area contributed by atoms with Gasteiger partial charge in [-0.2, -0.15) is 0 Å². The quantitative estimate of drug-likeness (QED) is 0.507. The lowest BCUT2D eigenvalue weighted by molar-refractivity contribution is -0.150. The average molecular weight is 200 g/mol. The summed E-state index contributed by atoms with van der Waals surface area (Å²) in [4.78, 5) is 21.9. The molecule has 0 unspecified atom stereocenters. The first kappa shape index (κ1) is 12.7. The second-order valence-electron chi connectivity index (χ2n) is 3.51. The van der Waals surface area contributed by atoms with E-state index >= 15 is 0 Å². The molecule has 4 nitrogen and oxygen atoms in total. The first-order chi connectivity index (χ1) is 6.44. The normalized spacial score (nSPS) is 11.4. The van der Waals surface area contributed by atoms with E-state index in [1.165, 1.54) is 20.3 Å². The van der Waals surface area contributed by atoms with Gasteiger partial charge in [0.05, 0.1) is 19.6 Å². The van der Waals surface area contributed by atoms with Crippen LogP contribution < -0.4 is 0 Å². The second-order valence-corrected chi connectivity index (χ2v) is 3.51. The summed E-state index contributed by atoms with van der Waals surface area (Å²) in [5, 5.41) is 0. The van der Waals surface area contributed by atoms with Crippen LogP contribution in [0.2, 0.25) is 0 Å². The van der Waals surface area contributed by atoms with E-state index in [4.69, 9.17) is 0 Å². The van der Waals surface area contributed by atoms with Crippen LogP contribution >= 0.6 is 0 Å². The van der Waals surface area contributed by atoms with Gasteiger partial charge in [-0.25, -0.2) is 4.79 Å². The highest BCUT2D eigenvalue weighted by molar-refractivity contribution is 5.82. The number of hydrogen-bond donors (Lipinski definition) is 0. The Morgan fingerprint density at radius 3 is 2.21 bits per heavy atom. The first-order valence-electron chi connectivity index (χ1n) is 4.27. The van der Waals surface area contributed by atoms with Gasteiger partial charge < -0.3 is 9.47 Å². The Morgan fingerprint density at radius 1 is 1.21 bits per heavy atom. The minimum absolute atomic E-state index is 0.299. The van der Waals surface area contributed by atoms with Gasteiger partial charge in [0.25, 0.3) is 0 Å². The molecular formula is C10H16O4. The van der Waals surface area contributed by atoms with Crippen molar-refractivity contribution in [3.8, 4) is 0 Å². The van der Waals surface area contributed by atoms with Crippen LogP contribution in [0.15, 0.2) is 12.2 Å². The summed E-state index contributed by atoms with van der Waals surface area (Å²) in [6.07, 6.45) is 3.34. The molecule has 0 bridgehead atoms. The van der Waals surface area contributed by atoms with Gasteiger partial charge in [0, 0.05) is 6.08 Å². The van der Waals surface area contributed by atoms with Gasteiger partial charge in [0.2, 0.25) is 0 Å². The summed E-state index contributed by atoms with van der Waals surface area (Å²) in [5.74, 6) is -0.724. The molecule has 0 aliphatic heterocycles. The lowest BCUT2D eigenvalue weighted by atomic mass is 9.89. The monoisotopic (exact) mass is 200 g/mol. The molecule has 0 rings (SSSR count). The van der Waals surface area contributed by atoms with E-state index in [0.717, 1.165) is 0 Å². The van der Waals surface area contributed by atoms with E-state index in [1.807, 2.05) is 0 Å². The minimum atomic E-state index is -0.612. The highest BCUT2D eigenvalue weighted by Crippen LogP contribution is 2.22. The molecule has 0 fully saturated rings. The fraction of sp³-hybridized carbons (Fsp3) is 0.600. The molecule has 4 heteroatoms. The van der Waals surface area contributed by atoms with E-state index in [0.29, 0.717) is 6.42 Å². The number of esters is 2. The van der Waals surface area contributed by atoms with E-state index in [1.54, 1.807) is 19.9 Å². The zero-order valence-electron chi connectivity index (χ0n) is 8.99. The van der Waals surface area contributed by atoms with Crippen molar-refractivity contribution in [2.75, 3.05) is 14.2 Å². The van der Waals surface area contributed by atoms with Crippen molar-refractivity contribution in [3.63, 3.8) is 0 Å². The maximum Gasteiger partial charge on any atom is 0.330 e. The molecule has 0 saturated carbocycles. The van der Waals surface area contributed by atoms with Gasteiger partial charge in [-0.15, -0.1) is 0 Å². The molecule has 80 valence electrons. The molecule has 14 heavy (non-hydrogen) atoms. The Hall–Kier alpha value is -1.32. The van der Waals surface area contributed by atoms with Gasteiger partial charge in [0.1, 0.15) is 0 Å². The van der Waals surface area contributed by atoms with Gasteiger partial charge in [0.15, 0.2) is 0 Å². The van der Waals surface area contributed by atoms with Crippen LogP contribution in [0.25, 0.3) is 0 Å². The SMILES string of the molecule is COC(=O)/C=C/CC(C)(C)C(=O)OC. The molecule has 0 saturated heterocycles. The lowest BCUT2D eigenvalue weighted by Gasteiger charge is -2.18. The molecule has 0 aromatic heterocycles. The maximum atomic E-state index is 11.2. The van der Waals surface area contributed by atoms with Crippen molar-refractivity contribution in [2.45, 2.75) is 20.3 Å². The van der Waals surface area contributed by atoms with Crippen molar-refractivity contribution in [2.24, 2.45) is 5.41 Å². The summed E-state index contributed by atoms with van der Waals surface area (Å²) in [7, 11) is 2.65. The third-order valence-corrected chi connectivity index (χ3v) is 1.82. The third kappa shape index (κ3) is 4.07. The molecule has 0 aromatic carbocycles. The van der Waals surface area contributed by atoms with Gasteiger partial charge in [-0.05, 0) is 20.3 Å². The van der Waals surface area contributed by atoms with E-state index in [-0.39, 0.29) is 5.97 Å². The highest BCUT2D eigenvalue weighted by atomic mass is 16.5. The molecule has 0 atom stereocenters. The molecule has 0 aliphatic rings. The maximum absolute atomic E-state index is 11.2. The Morgan fingerprint density at radius 2 is 1.79 bits per heavy atom. The summed E-state index contributed by atoms with van der Waals surface area (Å²) in [6, 6.07) is 0. The van der Waals surface area contributed by atoms with Crippen molar-refractivity contribution in [1.82, 2.24) is 0 Å². The number of methoxy groups -OCH3 is 2. The molecule has 0 aromatic rings. The number of hydrogen-bond acceptors (Lipinski definition) is 4. The predicted molar refractivity (Wildman–Crippen MR) is 51.6 cm³/mol. The molecule has 0 spiro atoms. The van der Waals surface area contributed by atoms with E-state index in [2.05, 4.69) is 9.47 Å². The third-order valence-electron chi connectivity index (χ3n) is 1.82. The number of carbonyl (C=O) groups excluding carboxylic acids is 2. The molecule has 0 N–H and O–H groups in total. The fourth-order valence-corrected chi connectivity index (χ4v) is 0.877. The number of carbonyl (C=O) groups is 2. The Labute approximate surface area is 83.9 Å². The van der Waals surface area contributed by atoms with Gasteiger partial charge >= 0.3 is 11.9 Å². The smallest absolute Gasteiger partial charge is 0.330 e. The zero-order chi connectivity index (χ0) is 11.2. The molecule has 0 radical (unpaired) electrons. The largest absolute Gasteiger partial charge is 0.469 e. The van der Waals surface area contributed by atoms with Crippen LogP contribution in [0.4, 0.5) is 0 Å². The van der Waals surface area contributed by atoms with Crippen molar-refractivity contribution >= 4 is 11.9 Å². The van der Waals surface area contributed by atoms with Crippen LogP contribution in [0.5, 0.6) is 0 Å². The summed E-state index contributed by atoms with van der Waals surface area (Å²) >= 11 is 0. The van der Waals surface area contributed by atoms with Crippen LogP contribution in [0.1, 0.15) is 20.3 Å². The highest BCUT2D eigenvalue weighted by Gasteiger charge is 2.26. The molecule has 0 heterocycles. The van der Waals surface area contributed by atoms with Gasteiger partial charge in [-0.1, -0.05) is 6.08 Å². The average Bonchev–Trinajstić information content (AvgIpc) is 2.15. The topological polar surface area (TPSA) is 52.6 Å². The number of rotatable bonds is 4. The van der Waals surface area contributed by atoms with E-state index < -0.39 is 11.4 Å². The first-order valence-corrected chi connectivity index (χ1v) is 4.27.